The average molecular weight is 496 g/mol. The fourth-order valence-electron chi connectivity index (χ4n) is 4.23. The molecular formula is C25H29Cl3N2O2. The van der Waals surface area contributed by atoms with Gasteiger partial charge in [-0.05, 0) is 48.6 Å². The number of hydrogen-bond acceptors (Lipinski definition) is 2. The molecule has 1 N–H and O–H groups in total. The zero-order chi connectivity index (χ0) is 23.1. The predicted molar refractivity (Wildman–Crippen MR) is 131 cm³/mol. The fraction of sp³-hybridized carbons (Fsp3) is 0.440. The topological polar surface area (TPSA) is 49.4 Å². The summed E-state index contributed by atoms with van der Waals surface area (Å²) in [4.78, 5) is 28.4. The van der Waals surface area contributed by atoms with Gasteiger partial charge in [-0.15, -0.1) is 0 Å². The first-order chi connectivity index (χ1) is 15.4. The van der Waals surface area contributed by atoms with E-state index in [4.69, 9.17) is 34.8 Å². The monoisotopic (exact) mass is 494 g/mol. The number of carbonyl (C=O) groups is 2. The third-order valence-electron chi connectivity index (χ3n) is 6.03. The third-order valence-corrected chi connectivity index (χ3v) is 7.10. The number of rotatable bonds is 8. The summed E-state index contributed by atoms with van der Waals surface area (Å²) in [5.41, 5.74) is 1.35. The quantitative estimate of drug-likeness (QED) is 0.458. The molecular weight excluding hydrogens is 467 g/mol. The Hall–Kier alpha value is -1.75. The molecule has 7 heteroatoms. The fourth-order valence-corrected chi connectivity index (χ4v) is 4.95. The van der Waals surface area contributed by atoms with E-state index in [9.17, 15) is 9.59 Å². The number of amides is 2. The van der Waals surface area contributed by atoms with Crippen LogP contribution < -0.4 is 5.32 Å². The highest BCUT2D eigenvalue weighted by Crippen LogP contribution is 2.27. The number of carbonyl (C=O) groups excluding carboxylic acids is 2. The molecule has 0 bridgehead atoms. The zero-order valence-corrected chi connectivity index (χ0v) is 20.5. The van der Waals surface area contributed by atoms with E-state index in [0.717, 1.165) is 31.2 Å². The summed E-state index contributed by atoms with van der Waals surface area (Å²) in [5.74, 6) is -0.337. The molecule has 4 nitrogen and oxygen atoms in total. The van der Waals surface area contributed by atoms with Crippen molar-refractivity contribution < 1.29 is 9.59 Å². The van der Waals surface area contributed by atoms with Crippen LogP contribution in [0.15, 0.2) is 42.5 Å². The van der Waals surface area contributed by atoms with E-state index in [1.54, 1.807) is 29.2 Å². The second kappa shape index (κ2) is 11.9. The van der Waals surface area contributed by atoms with Crippen molar-refractivity contribution in [3.05, 3.63) is 68.7 Å². The Bertz CT molecular complexity index is 924. The minimum Gasteiger partial charge on any atom is -0.352 e. The molecule has 1 saturated carbocycles. The van der Waals surface area contributed by atoms with E-state index in [1.807, 2.05) is 25.1 Å². The molecule has 3 rings (SSSR count). The number of hydrogen-bond donors (Lipinski definition) is 1. The lowest BCUT2D eigenvalue weighted by Crippen LogP contribution is -2.52. The first-order valence-electron chi connectivity index (χ1n) is 11.2. The summed E-state index contributed by atoms with van der Waals surface area (Å²) in [5, 5.41) is 4.60. The molecule has 0 radical (unpaired) electrons. The van der Waals surface area contributed by atoms with Gasteiger partial charge in [0.1, 0.15) is 6.04 Å². The maximum Gasteiger partial charge on any atom is 0.243 e. The lowest BCUT2D eigenvalue weighted by atomic mass is 9.95. The molecule has 1 aliphatic carbocycles. The Morgan fingerprint density at radius 1 is 0.969 bits per heavy atom. The van der Waals surface area contributed by atoms with Crippen LogP contribution >= 0.6 is 34.8 Å². The Morgan fingerprint density at radius 3 is 2.22 bits per heavy atom. The normalized spacial score (nSPS) is 15.2. The van der Waals surface area contributed by atoms with E-state index in [0.29, 0.717) is 27.1 Å². The van der Waals surface area contributed by atoms with Crippen LogP contribution in [0.2, 0.25) is 15.1 Å². The molecule has 0 aliphatic heterocycles. The van der Waals surface area contributed by atoms with E-state index in [-0.39, 0.29) is 30.8 Å². The maximum absolute atomic E-state index is 13.5. The number of benzene rings is 2. The van der Waals surface area contributed by atoms with Crippen molar-refractivity contribution in [3.8, 4) is 0 Å². The van der Waals surface area contributed by atoms with Crippen molar-refractivity contribution in [3.63, 3.8) is 0 Å². The van der Waals surface area contributed by atoms with Crippen molar-refractivity contribution in [1.82, 2.24) is 10.2 Å². The molecule has 2 amide bonds. The molecule has 0 spiro atoms. The Balaban J connectivity index is 1.86. The predicted octanol–water partition coefficient (Wildman–Crippen LogP) is 6.45. The average Bonchev–Trinajstić information content (AvgIpc) is 2.78. The number of nitrogens with zero attached hydrogens (tertiary/aromatic N) is 1. The standard InChI is InChI=1S/C25H29Cl3N2O2/c1-2-23(25(32)29-18-10-4-3-5-11-18)30(16-17-9-6-7-12-20(17)26)24(31)15-19-21(27)13-8-14-22(19)28/h6-9,12-14,18,23H,2-5,10-11,15-16H2,1H3,(H,29,32)/t23-/m0/s1. The van der Waals surface area contributed by atoms with Gasteiger partial charge >= 0.3 is 0 Å². The van der Waals surface area contributed by atoms with E-state index in [1.165, 1.54) is 6.42 Å². The summed E-state index contributed by atoms with van der Waals surface area (Å²) in [6.07, 6.45) is 5.91. The SMILES string of the molecule is CC[C@@H](C(=O)NC1CCCCC1)N(Cc1ccccc1Cl)C(=O)Cc1c(Cl)cccc1Cl. The molecule has 2 aromatic rings. The van der Waals surface area contributed by atoms with E-state index in [2.05, 4.69) is 5.32 Å². The van der Waals surface area contributed by atoms with Crippen molar-refractivity contribution >= 4 is 46.6 Å². The van der Waals surface area contributed by atoms with Crippen LogP contribution in [-0.4, -0.2) is 28.8 Å². The first kappa shape index (κ1) is 24.9. The highest BCUT2D eigenvalue weighted by Gasteiger charge is 2.31. The van der Waals surface area contributed by atoms with Gasteiger partial charge in [-0.3, -0.25) is 9.59 Å². The molecule has 0 unspecified atom stereocenters. The summed E-state index contributed by atoms with van der Waals surface area (Å²) < 4.78 is 0. The van der Waals surface area contributed by atoms with Crippen molar-refractivity contribution in [2.75, 3.05) is 0 Å². The van der Waals surface area contributed by atoms with E-state index < -0.39 is 6.04 Å². The molecule has 172 valence electrons. The second-order valence-corrected chi connectivity index (χ2v) is 9.48. The molecule has 0 aromatic heterocycles. The molecule has 32 heavy (non-hydrogen) atoms. The highest BCUT2D eigenvalue weighted by molar-refractivity contribution is 6.36. The van der Waals surface area contributed by atoms with Crippen LogP contribution in [0.1, 0.15) is 56.6 Å². The highest BCUT2D eigenvalue weighted by atomic mass is 35.5. The molecule has 0 heterocycles. The third kappa shape index (κ3) is 6.40. The van der Waals surface area contributed by atoms with Crippen LogP contribution in [0.5, 0.6) is 0 Å². The molecule has 2 aromatic carbocycles. The zero-order valence-electron chi connectivity index (χ0n) is 18.3. The van der Waals surface area contributed by atoms with Gasteiger partial charge in [0.05, 0.1) is 6.42 Å². The lowest BCUT2D eigenvalue weighted by Gasteiger charge is -2.33. The van der Waals surface area contributed by atoms with Crippen molar-refractivity contribution in [2.24, 2.45) is 0 Å². The summed E-state index contributed by atoms with van der Waals surface area (Å²) in [6, 6.07) is 12.1. The van der Waals surface area contributed by atoms with Crippen LogP contribution in [0, 0.1) is 0 Å². The van der Waals surface area contributed by atoms with Crippen LogP contribution in [-0.2, 0) is 22.6 Å². The molecule has 1 aliphatic rings. The van der Waals surface area contributed by atoms with Crippen LogP contribution in [0.4, 0.5) is 0 Å². The van der Waals surface area contributed by atoms with Crippen LogP contribution in [0.3, 0.4) is 0 Å². The molecule has 1 atom stereocenters. The minimum absolute atomic E-state index is 0.0101. The lowest BCUT2D eigenvalue weighted by molar-refractivity contribution is -0.141. The first-order valence-corrected chi connectivity index (χ1v) is 12.3. The summed E-state index contributed by atoms with van der Waals surface area (Å²) >= 11 is 19.0. The maximum atomic E-state index is 13.5. The van der Waals surface area contributed by atoms with Crippen molar-refractivity contribution in [2.45, 2.75) is 70.5 Å². The van der Waals surface area contributed by atoms with Gasteiger partial charge in [-0.1, -0.05) is 85.3 Å². The Labute approximate surface area is 205 Å². The smallest absolute Gasteiger partial charge is 0.243 e. The summed E-state index contributed by atoms with van der Waals surface area (Å²) in [6.45, 7) is 2.15. The largest absolute Gasteiger partial charge is 0.352 e. The van der Waals surface area contributed by atoms with Crippen LogP contribution in [0.25, 0.3) is 0 Å². The van der Waals surface area contributed by atoms with Gasteiger partial charge in [-0.2, -0.15) is 0 Å². The number of halogens is 3. The van der Waals surface area contributed by atoms with Gasteiger partial charge in [0.15, 0.2) is 0 Å². The number of nitrogens with one attached hydrogen (secondary N) is 1. The summed E-state index contributed by atoms with van der Waals surface area (Å²) in [7, 11) is 0. The second-order valence-electron chi connectivity index (χ2n) is 8.26. The van der Waals surface area contributed by atoms with Gasteiger partial charge in [-0.25, -0.2) is 0 Å². The van der Waals surface area contributed by atoms with Gasteiger partial charge in [0, 0.05) is 27.7 Å². The Morgan fingerprint density at radius 2 is 1.59 bits per heavy atom. The molecule has 1 fully saturated rings. The Kier molecular flexibility index (Phi) is 9.27. The minimum atomic E-state index is -0.609. The van der Waals surface area contributed by atoms with Gasteiger partial charge in [0.25, 0.3) is 0 Å². The van der Waals surface area contributed by atoms with E-state index >= 15 is 0 Å². The van der Waals surface area contributed by atoms with Crippen molar-refractivity contribution in [1.29, 1.82) is 0 Å². The van der Waals surface area contributed by atoms with Gasteiger partial charge < -0.3 is 10.2 Å². The molecule has 0 saturated heterocycles. The van der Waals surface area contributed by atoms with Gasteiger partial charge in [0.2, 0.25) is 11.8 Å².